The van der Waals surface area contributed by atoms with Gasteiger partial charge in [0, 0.05) is 30.5 Å². The van der Waals surface area contributed by atoms with Gasteiger partial charge in [-0.15, -0.1) is 0 Å². The van der Waals surface area contributed by atoms with E-state index in [4.69, 9.17) is 14.4 Å². The monoisotopic (exact) mass is 585 g/mol. The largest absolute Gasteiger partial charge is 0.467 e. The van der Waals surface area contributed by atoms with Crippen LogP contribution in [-0.2, 0) is 22.6 Å². The number of hydrogen-bond acceptors (Lipinski definition) is 8. The van der Waals surface area contributed by atoms with Crippen molar-refractivity contribution >= 4 is 29.3 Å². The van der Waals surface area contributed by atoms with Crippen LogP contribution in [0.2, 0.25) is 0 Å². The quantitative estimate of drug-likeness (QED) is 0.193. The summed E-state index contributed by atoms with van der Waals surface area (Å²) in [6, 6.07) is 20.4. The first kappa shape index (κ1) is 30.5. The van der Waals surface area contributed by atoms with Gasteiger partial charge in [0.15, 0.2) is 5.76 Å². The van der Waals surface area contributed by atoms with Crippen molar-refractivity contribution in [2.24, 2.45) is 0 Å². The summed E-state index contributed by atoms with van der Waals surface area (Å²) in [6.07, 6.45) is 7.12. The fourth-order valence-electron chi connectivity index (χ4n) is 4.58. The molecule has 218 valence electrons. The second kappa shape index (κ2) is 14.9. The number of carbonyl (C=O) groups is 2. The molecule has 42 heavy (non-hydrogen) atoms. The Morgan fingerprint density at radius 1 is 1.14 bits per heavy atom. The summed E-state index contributed by atoms with van der Waals surface area (Å²) in [7, 11) is 1.31. The maximum Gasteiger partial charge on any atom is 0.328 e. The Morgan fingerprint density at radius 2 is 1.90 bits per heavy atom. The number of furan rings is 1. The minimum atomic E-state index is -0.729. The van der Waals surface area contributed by atoms with Crippen molar-refractivity contribution in [1.82, 2.24) is 14.9 Å². The highest BCUT2D eigenvalue weighted by Crippen LogP contribution is 2.26. The third kappa shape index (κ3) is 7.83. The maximum absolute atomic E-state index is 12.8. The van der Waals surface area contributed by atoms with Crippen molar-refractivity contribution in [3.63, 3.8) is 0 Å². The van der Waals surface area contributed by atoms with E-state index in [1.54, 1.807) is 23.9 Å². The highest BCUT2D eigenvalue weighted by molar-refractivity contribution is 7.98. The molecule has 0 saturated carbocycles. The van der Waals surface area contributed by atoms with Gasteiger partial charge >= 0.3 is 5.97 Å². The Kier molecular flexibility index (Phi) is 10.8. The number of imidazole rings is 1. The molecule has 2 heterocycles. The number of nitrogens with one attached hydrogen (secondary N) is 1. The van der Waals surface area contributed by atoms with Gasteiger partial charge in [0.05, 0.1) is 37.3 Å². The van der Waals surface area contributed by atoms with E-state index in [1.807, 2.05) is 67.3 Å². The summed E-state index contributed by atoms with van der Waals surface area (Å²) in [5.74, 6) is 0.475. The average Bonchev–Trinajstić information content (AvgIpc) is 3.69. The lowest BCUT2D eigenvalue weighted by Crippen LogP contribution is -2.41. The Hall–Kier alpha value is -4.49. The van der Waals surface area contributed by atoms with Crippen LogP contribution in [0.3, 0.4) is 0 Å². The predicted molar refractivity (Wildman–Crippen MR) is 164 cm³/mol. The summed E-state index contributed by atoms with van der Waals surface area (Å²) in [6.45, 7) is 4.37. The van der Waals surface area contributed by atoms with Crippen molar-refractivity contribution < 1.29 is 18.7 Å². The molecular weight excluding hydrogens is 550 g/mol. The van der Waals surface area contributed by atoms with Crippen molar-refractivity contribution in [2.45, 2.75) is 38.9 Å². The lowest BCUT2D eigenvalue weighted by atomic mass is 10.1. The zero-order valence-corrected chi connectivity index (χ0v) is 24.9. The molecule has 0 aliphatic heterocycles. The Labute approximate surface area is 250 Å². The first-order valence-electron chi connectivity index (χ1n) is 13.8. The van der Waals surface area contributed by atoms with Gasteiger partial charge in [0.1, 0.15) is 11.8 Å². The number of benzene rings is 2. The second-order valence-electron chi connectivity index (χ2n) is 9.78. The van der Waals surface area contributed by atoms with Gasteiger partial charge in [-0.1, -0.05) is 19.1 Å². The smallest absolute Gasteiger partial charge is 0.328 e. The van der Waals surface area contributed by atoms with E-state index in [0.717, 1.165) is 35.5 Å². The van der Waals surface area contributed by atoms with Gasteiger partial charge in [-0.25, -0.2) is 9.78 Å². The number of rotatable bonds is 14. The minimum absolute atomic E-state index is 0.135. The standard InChI is InChI=1S/C32H35N5O4S/c1-4-16-36(21-27-19-34-22-37(27)20-24-7-5-23(18-33)6-8-24)26-11-9-25(10-12-26)29-13-14-30(41-29)31(38)35-28(15-17-42-3)32(39)40-2/h5-14,19,22,28H,4,15-17,20-21H2,1-3H3,(H,35,38). The first-order chi connectivity index (χ1) is 20.4. The molecule has 0 saturated heterocycles. The lowest BCUT2D eigenvalue weighted by molar-refractivity contribution is -0.142. The van der Waals surface area contributed by atoms with Crippen LogP contribution >= 0.6 is 11.8 Å². The molecule has 10 heteroatoms. The molecule has 2 aromatic carbocycles. The summed E-state index contributed by atoms with van der Waals surface area (Å²) in [5.41, 5.74) is 4.73. The number of aromatic nitrogens is 2. The Balaban J connectivity index is 1.44. The number of hydrogen-bond donors (Lipinski definition) is 1. The number of ether oxygens (including phenoxy) is 1. The van der Waals surface area contributed by atoms with E-state index in [1.165, 1.54) is 7.11 Å². The highest BCUT2D eigenvalue weighted by Gasteiger charge is 2.23. The number of nitriles is 1. The topological polar surface area (TPSA) is 113 Å². The highest BCUT2D eigenvalue weighted by atomic mass is 32.2. The molecule has 0 aliphatic rings. The van der Waals surface area contributed by atoms with Crippen LogP contribution in [0.4, 0.5) is 5.69 Å². The molecule has 0 spiro atoms. The molecule has 1 amide bonds. The van der Waals surface area contributed by atoms with Gasteiger partial charge in [0.25, 0.3) is 5.91 Å². The SMILES string of the molecule is CCCN(Cc1cncn1Cc1ccc(C#N)cc1)c1ccc(-c2ccc(C(=O)NC(CCSC)C(=O)OC)o2)cc1. The van der Waals surface area contributed by atoms with Crippen LogP contribution in [0.5, 0.6) is 0 Å². The zero-order chi connectivity index (χ0) is 29.9. The second-order valence-corrected chi connectivity index (χ2v) is 10.8. The van der Waals surface area contributed by atoms with Gasteiger partial charge in [-0.05, 0) is 78.9 Å². The average molecular weight is 586 g/mol. The molecule has 9 nitrogen and oxygen atoms in total. The van der Waals surface area contributed by atoms with E-state index >= 15 is 0 Å². The molecule has 0 radical (unpaired) electrons. The molecule has 0 fully saturated rings. The van der Waals surface area contributed by atoms with Crippen molar-refractivity contribution in [2.75, 3.05) is 30.6 Å². The molecule has 1 unspecified atom stereocenters. The summed E-state index contributed by atoms with van der Waals surface area (Å²) < 4.78 is 12.8. The predicted octanol–water partition coefficient (Wildman–Crippen LogP) is 5.50. The lowest BCUT2D eigenvalue weighted by Gasteiger charge is -2.25. The van der Waals surface area contributed by atoms with Crippen LogP contribution in [0.1, 0.15) is 47.1 Å². The number of anilines is 1. The van der Waals surface area contributed by atoms with Crippen LogP contribution in [0.15, 0.2) is 77.6 Å². The van der Waals surface area contributed by atoms with Crippen LogP contribution in [0, 0.1) is 11.3 Å². The van der Waals surface area contributed by atoms with Gasteiger partial charge in [-0.3, -0.25) is 4.79 Å². The summed E-state index contributed by atoms with van der Waals surface area (Å²) >= 11 is 1.59. The third-order valence-corrected chi connectivity index (χ3v) is 7.47. The van der Waals surface area contributed by atoms with E-state index in [9.17, 15) is 9.59 Å². The number of carbonyl (C=O) groups excluding carboxylic acids is 2. The Morgan fingerprint density at radius 3 is 2.57 bits per heavy atom. The van der Waals surface area contributed by atoms with E-state index in [2.05, 4.69) is 32.8 Å². The van der Waals surface area contributed by atoms with E-state index < -0.39 is 17.9 Å². The van der Waals surface area contributed by atoms with Crippen LogP contribution in [-0.4, -0.2) is 53.1 Å². The molecule has 2 aromatic heterocycles. The fraction of sp³-hybridized carbons (Fsp3) is 0.312. The number of thioether (sulfide) groups is 1. The van der Waals surface area contributed by atoms with E-state index in [0.29, 0.717) is 36.6 Å². The van der Waals surface area contributed by atoms with Crippen molar-refractivity contribution in [1.29, 1.82) is 5.26 Å². The maximum atomic E-state index is 12.8. The molecule has 0 aliphatic carbocycles. The first-order valence-corrected chi connectivity index (χ1v) is 15.2. The number of esters is 1. The number of nitrogens with zero attached hydrogens (tertiary/aromatic N) is 4. The number of amides is 1. The van der Waals surface area contributed by atoms with Crippen molar-refractivity contribution in [3.8, 4) is 17.4 Å². The molecule has 1 atom stereocenters. The van der Waals surface area contributed by atoms with Gasteiger partial charge in [-0.2, -0.15) is 17.0 Å². The van der Waals surface area contributed by atoms with Gasteiger partial charge < -0.3 is 23.9 Å². The molecule has 4 rings (SSSR count). The molecule has 0 bridgehead atoms. The van der Waals surface area contributed by atoms with Crippen LogP contribution in [0.25, 0.3) is 11.3 Å². The molecular formula is C32H35N5O4S. The van der Waals surface area contributed by atoms with Crippen molar-refractivity contribution in [3.05, 3.63) is 95.8 Å². The molecule has 4 aromatic rings. The number of methoxy groups -OCH3 is 1. The normalized spacial score (nSPS) is 11.5. The zero-order valence-electron chi connectivity index (χ0n) is 24.1. The third-order valence-electron chi connectivity index (χ3n) is 6.83. The van der Waals surface area contributed by atoms with Crippen LogP contribution < -0.4 is 10.2 Å². The summed E-state index contributed by atoms with van der Waals surface area (Å²) in [5, 5.41) is 11.8. The summed E-state index contributed by atoms with van der Waals surface area (Å²) in [4.78, 5) is 31.5. The fourth-order valence-corrected chi connectivity index (χ4v) is 5.05. The Bertz CT molecular complexity index is 1500. The molecule has 1 N–H and O–H groups in total. The van der Waals surface area contributed by atoms with E-state index in [-0.39, 0.29) is 5.76 Å². The van der Waals surface area contributed by atoms with Gasteiger partial charge in [0.2, 0.25) is 0 Å². The minimum Gasteiger partial charge on any atom is -0.467 e.